The summed E-state index contributed by atoms with van der Waals surface area (Å²) in [6.45, 7) is 3.30. The van der Waals surface area contributed by atoms with E-state index >= 15 is 0 Å². The van der Waals surface area contributed by atoms with Gasteiger partial charge in [-0.25, -0.2) is 5.48 Å². The van der Waals surface area contributed by atoms with Gasteiger partial charge in [0, 0.05) is 23.8 Å². The Morgan fingerprint density at radius 2 is 1.63 bits per heavy atom. The molecule has 1 aliphatic carbocycles. The number of hydrogen-bond acceptors (Lipinski definition) is 4. The lowest BCUT2D eigenvalue weighted by molar-refractivity contribution is 0.0706. The van der Waals surface area contributed by atoms with Crippen molar-refractivity contribution in [2.45, 2.75) is 103 Å². The molecule has 0 aliphatic heterocycles. The SMILES string of the molecule is CN(CCCCCCCCC1CCCCCCC1)Cc1ccc(OCCn2ccc3ccc(C(=O)NO)cc32)cc1. The molecule has 1 fully saturated rings. The van der Waals surface area contributed by atoms with Crippen LogP contribution in [-0.2, 0) is 13.1 Å². The fourth-order valence-corrected chi connectivity index (χ4v) is 6.28. The molecule has 1 aliphatic rings. The van der Waals surface area contributed by atoms with Gasteiger partial charge in [-0.05, 0) is 67.2 Å². The third-order valence-corrected chi connectivity index (χ3v) is 8.74. The van der Waals surface area contributed by atoms with Crippen LogP contribution < -0.4 is 10.2 Å². The zero-order chi connectivity index (χ0) is 28.7. The lowest BCUT2D eigenvalue weighted by atomic mass is 9.87. The van der Waals surface area contributed by atoms with Crippen LogP contribution in [0.1, 0.15) is 106 Å². The molecular weight excluding hydrogens is 510 g/mol. The molecule has 0 atom stereocenters. The smallest absolute Gasteiger partial charge is 0.274 e. The number of carbonyl (C=O) groups is 1. The number of amides is 1. The van der Waals surface area contributed by atoms with Crippen molar-refractivity contribution in [1.82, 2.24) is 14.9 Å². The van der Waals surface area contributed by atoms with Crippen LogP contribution in [0.2, 0.25) is 0 Å². The van der Waals surface area contributed by atoms with Crippen LogP contribution in [0.25, 0.3) is 10.9 Å². The third kappa shape index (κ3) is 10.5. The molecule has 1 saturated carbocycles. The van der Waals surface area contributed by atoms with E-state index in [0.29, 0.717) is 18.7 Å². The molecule has 224 valence electrons. The monoisotopic (exact) mass is 561 g/mol. The lowest BCUT2D eigenvalue weighted by Crippen LogP contribution is -2.19. The zero-order valence-corrected chi connectivity index (χ0v) is 25.2. The summed E-state index contributed by atoms with van der Waals surface area (Å²) in [5.74, 6) is 1.37. The van der Waals surface area contributed by atoms with Gasteiger partial charge >= 0.3 is 0 Å². The van der Waals surface area contributed by atoms with E-state index < -0.39 is 5.91 Å². The summed E-state index contributed by atoms with van der Waals surface area (Å²) in [4.78, 5) is 14.2. The molecule has 0 saturated heterocycles. The Balaban J connectivity index is 1.07. The lowest BCUT2D eigenvalue weighted by Gasteiger charge is -2.19. The number of nitrogens with zero attached hydrogens (tertiary/aromatic N) is 2. The first-order valence-corrected chi connectivity index (χ1v) is 16.1. The van der Waals surface area contributed by atoms with Gasteiger partial charge in [-0.2, -0.15) is 0 Å². The van der Waals surface area contributed by atoms with Crippen molar-refractivity contribution in [3.8, 4) is 5.75 Å². The minimum atomic E-state index is -0.512. The Hall–Kier alpha value is -2.83. The summed E-state index contributed by atoms with van der Waals surface area (Å²) in [6.07, 6.45) is 22.1. The molecule has 6 nitrogen and oxygen atoms in total. The number of unbranched alkanes of at least 4 members (excludes halogenated alkanes) is 5. The van der Waals surface area contributed by atoms with Gasteiger partial charge in [-0.1, -0.05) is 102 Å². The van der Waals surface area contributed by atoms with E-state index in [-0.39, 0.29) is 0 Å². The van der Waals surface area contributed by atoms with Gasteiger partial charge in [0.05, 0.1) is 6.54 Å². The fraction of sp³-hybridized carbons (Fsp3) is 0.571. The first kappa shape index (κ1) is 31.1. The Morgan fingerprint density at radius 1 is 0.927 bits per heavy atom. The van der Waals surface area contributed by atoms with E-state index in [1.165, 1.54) is 95.5 Å². The Kier molecular flexibility index (Phi) is 13.1. The normalized spacial score (nSPS) is 14.7. The van der Waals surface area contributed by atoms with E-state index in [9.17, 15) is 4.79 Å². The summed E-state index contributed by atoms with van der Waals surface area (Å²) in [5, 5.41) is 9.96. The molecule has 0 unspecified atom stereocenters. The van der Waals surface area contributed by atoms with Crippen LogP contribution in [-0.4, -0.2) is 40.8 Å². The summed E-state index contributed by atoms with van der Waals surface area (Å²) in [5.41, 5.74) is 4.36. The van der Waals surface area contributed by atoms with E-state index in [2.05, 4.69) is 40.8 Å². The summed E-state index contributed by atoms with van der Waals surface area (Å²) >= 11 is 0. The van der Waals surface area contributed by atoms with Crippen LogP contribution in [0.15, 0.2) is 54.7 Å². The number of hydroxylamine groups is 1. The number of rotatable bonds is 16. The first-order chi connectivity index (χ1) is 20.1. The maximum atomic E-state index is 11.8. The molecule has 1 amide bonds. The summed E-state index contributed by atoms with van der Waals surface area (Å²) < 4.78 is 8.06. The maximum Gasteiger partial charge on any atom is 0.274 e. The van der Waals surface area contributed by atoms with Crippen LogP contribution in [0.4, 0.5) is 0 Å². The second-order valence-corrected chi connectivity index (χ2v) is 12.1. The van der Waals surface area contributed by atoms with Gasteiger partial charge in [-0.3, -0.25) is 10.0 Å². The van der Waals surface area contributed by atoms with Crippen molar-refractivity contribution in [2.75, 3.05) is 20.2 Å². The highest BCUT2D eigenvalue weighted by Crippen LogP contribution is 2.27. The van der Waals surface area contributed by atoms with E-state index in [1.54, 1.807) is 17.6 Å². The molecule has 2 N–H and O–H groups in total. The number of fused-ring (bicyclic) bond motifs is 1. The molecule has 3 aromatic rings. The minimum absolute atomic E-state index is 0.423. The van der Waals surface area contributed by atoms with Crippen molar-refractivity contribution in [1.29, 1.82) is 0 Å². The van der Waals surface area contributed by atoms with Gasteiger partial charge in [-0.15, -0.1) is 0 Å². The number of benzene rings is 2. The molecule has 6 heteroatoms. The second kappa shape index (κ2) is 17.2. The van der Waals surface area contributed by atoms with Crippen molar-refractivity contribution >= 4 is 16.8 Å². The van der Waals surface area contributed by atoms with Crippen molar-refractivity contribution in [2.24, 2.45) is 5.92 Å². The van der Waals surface area contributed by atoms with Gasteiger partial charge in [0.2, 0.25) is 0 Å². The molecule has 0 spiro atoms. The average molecular weight is 562 g/mol. The zero-order valence-electron chi connectivity index (χ0n) is 25.2. The molecule has 0 bridgehead atoms. The predicted molar refractivity (Wildman–Crippen MR) is 168 cm³/mol. The number of aromatic nitrogens is 1. The van der Waals surface area contributed by atoms with Crippen molar-refractivity contribution in [3.05, 3.63) is 65.9 Å². The quantitative estimate of drug-likeness (QED) is 0.105. The highest BCUT2D eigenvalue weighted by atomic mass is 16.5. The number of hydrogen-bond donors (Lipinski definition) is 2. The first-order valence-electron chi connectivity index (χ1n) is 16.1. The topological polar surface area (TPSA) is 66.7 Å². The Labute approximate surface area is 247 Å². The van der Waals surface area contributed by atoms with Gasteiger partial charge < -0.3 is 14.2 Å². The number of nitrogens with one attached hydrogen (secondary N) is 1. The Bertz CT molecular complexity index is 1170. The second-order valence-electron chi connectivity index (χ2n) is 12.1. The van der Waals surface area contributed by atoms with E-state index in [0.717, 1.165) is 35.7 Å². The average Bonchev–Trinajstić information content (AvgIpc) is 3.38. The van der Waals surface area contributed by atoms with Crippen LogP contribution in [0.3, 0.4) is 0 Å². The van der Waals surface area contributed by atoms with Crippen molar-refractivity contribution < 1.29 is 14.7 Å². The molecule has 41 heavy (non-hydrogen) atoms. The maximum absolute atomic E-state index is 11.8. The fourth-order valence-electron chi connectivity index (χ4n) is 6.28. The third-order valence-electron chi connectivity index (χ3n) is 8.74. The number of ether oxygens (including phenoxy) is 1. The summed E-state index contributed by atoms with van der Waals surface area (Å²) in [7, 11) is 2.22. The molecule has 0 radical (unpaired) electrons. The van der Waals surface area contributed by atoms with Gasteiger partial charge in [0.25, 0.3) is 5.91 Å². The Morgan fingerprint density at radius 3 is 2.39 bits per heavy atom. The molecule has 1 aromatic heterocycles. The van der Waals surface area contributed by atoms with E-state index in [1.807, 2.05) is 18.3 Å². The highest BCUT2D eigenvalue weighted by Gasteiger charge is 2.11. The van der Waals surface area contributed by atoms with Gasteiger partial charge in [0.1, 0.15) is 12.4 Å². The summed E-state index contributed by atoms with van der Waals surface area (Å²) in [6, 6.07) is 15.8. The minimum Gasteiger partial charge on any atom is -0.492 e. The predicted octanol–water partition coefficient (Wildman–Crippen LogP) is 8.36. The molecular formula is C35H51N3O3. The standard InChI is InChI=1S/C35H51N3O3/c1-37(23-12-8-3-2-5-9-13-29-14-10-6-4-7-11-15-29)28-30-16-20-33(21-17-30)41-26-25-38-24-22-31-18-19-32(27-34(31)38)35(39)36-40/h16-22,24,27,29,40H,2-15,23,25-26,28H2,1H3,(H,36,39). The molecule has 2 aromatic carbocycles. The number of carbonyl (C=O) groups excluding carboxylic acids is 1. The molecule has 1 heterocycles. The van der Waals surface area contributed by atoms with Crippen LogP contribution in [0.5, 0.6) is 5.75 Å². The van der Waals surface area contributed by atoms with Crippen LogP contribution >= 0.6 is 0 Å². The van der Waals surface area contributed by atoms with Crippen molar-refractivity contribution in [3.63, 3.8) is 0 Å². The van der Waals surface area contributed by atoms with Crippen LogP contribution in [0, 0.1) is 5.92 Å². The molecule has 4 rings (SSSR count). The largest absolute Gasteiger partial charge is 0.492 e. The highest BCUT2D eigenvalue weighted by molar-refractivity contribution is 5.97. The van der Waals surface area contributed by atoms with Gasteiger partial charge in [0.15, 0.2) is 0 Å². The van der Waals surface area contributed by atoms with E-state index in [4.69, 9.17) is 9.94 Å².